The van der Waals surface area contributed by atoms with E-state index in [2.05, 4.69) is 10.1 Å². The Morgan fingerprint density at radius 2 is 1.88 bits per heavy atom. The van der Waals surface area contributed by atoms with Crippen molar-refractivity contribution in [2.45, 2.75) is 20.5 Å². The van der Waals surface area contributed by atoms with E-state index in [1.165, 1.54) is 18.3 Å². The molecule has 0 spiro atoms. The summed E-state index contributed by atoms with van der Waals surface area (Å²) in [5.41, 5.74) is 1.21. The lowest BCUT2D eigenvalue weighted by atomic mass is 10.1. The number of hydrogen-bond donors (Lipinski definition) is 1. The molecule has 0 amide bonds. The molecular formula is C24H20N4O5. The molecule has 9 nitrogen and oxygen atoms in total. The number of aryl methyl sites for hydroxylation is 2. The van der Waals surface area contributed by atoms with Gasteiger partial charge >= 0.3 is 5.69 Å². The van der Waals surface area contributed by atoms with Gasteiger partial charge in [-0.2, -0.15) is 9.78 Å². The van der Waals surface area contributed by atoms with Crippen molar-refractivity contribution in [1.82, 2.24) is 9.66 Å². The largest absolute Gasteiger partial charge is 0.502 e. The first kappa shape index (κ1) is 21.7. The minimum atomic E-state index is -0.676. The molecule has 4 rings (SSSR count). The number of ether oxygens (including phenoxy) is 1. The van der Waals surface area contributed by atoms with Crippen molar-refractivity contribution in [3.05, 3.63) is 104 Å². The maximum absolute atomic E-state index is 13.2. The molecule has 1 heterocycles. The van der Waals surface area contributed by atoms with Gasteiger partial charge in [-0.05, 0) is 49.2 Å². The number of nitro benzene ring substituents is 1. The zero-order valence-electron chi connectivity index (χ0n) is 17.9. The van der Waals surface area contributed by atoms with Gasteiger partial charge in [-0.3, -0.25) is 14.9 Å². The predicted molar refractivity (Wildman–Crippen MR) is 124 cm³/mol. The fourth-order valence-electron chi connectivity index (χ4n) is 3.39. The molecule has 0 bridgehead atoms. The second-order valence-electron chi connectivity index (χ2n) is 7.44. The Morgan fingerprint density at radius 3 is 2.64 bits per heavy atom. The van der Waals surface area contributed by atoms with Gasteiger partial charge in [0.15, 0.2) is 5.82 Å². The van der Waals surface area contributed by atoms with Crippen molar-refractivity contribution < 1.29 is 14.8 Å². The molecule has 3 aromatic carbocycles. The Labute approximate surface area is 188 Å². The van der Waals surface area contributed by atoms with Gasteiger partial charge < -0.3 is 9.84 Å². The highest BCUT2D eigenvalue weighted by molar-refractivity contribution is 5.86. The smallest absolute Gasteiger partial charge is 0.311 e. The van der Waals surface area contributed by atoms with E-state index >= 15 is 0 Å². The Kier molecular flexibility index (Phi) is 5.86. The SMILES string of the molecule is Cc1cc(/C=N\n2c(COc3ccccc3C)nc3ccccc3c2=O)c(O)c([N+](=O)[O-])c1. The Balaban J connectivity index is 1.80. The van der Waals surface area contributed by atoms with Crippen molar-refractivity contribution in [1.29, 1.82) is 0 Å². The van der Waals surface area contributed by atoms with Crippen molar-refractivity contribution in [3.63, 3.8) is 0 Å². The van der Waals surface area contributed by atoms with Crippen LogP contribution in [-0.2, 0) is 6.61 Å². The van der Waals surface area contributed by atoms with Crippen LogP contribution < -0.4 is 10.3 Å². The van der Waals surface area contributed by atoms with Gasteiger partial charge in [0.1, 0.15) is 12.4 Å². The molecule has 0 aliphatic rings. The lowest BCUT2D eigenvalue weighted by Gasteiger charge is -2.12. The normalized spacial score (nSPS) is 11.2. The standard InChI is InChI=1S/C24H20N4O5/c1-15-11-17(23(29)20(12-15)28(31)32)13-25-27-22(14-33-21-10-6-3-7-16(21)2)26-19-9-5-4-8-18(19)24(27)30/h3-13,29H,14H2,1-2H3/b25-13-. The number of aromatic hydroxyl groups is 1. The Hall–Kier alpha value is -4.53. The summed E-state index contributed by atoms with van der Waals surface area (Å²) in [4.78, 5) is 28.2. The van der Waals surface area contributed by atoms with Crippen molar-refractivity contribution in [2.75, 3.05) is 0 Å². The average molecular weight is 444 g/mol. The number of nitro groups is 1. The van der Waals surface area contributed by atoms with Crippen LogP contribution in [0.15, 0.2) is 70.6 Å². The molecule has 0 aliphatic carbocycles. The number of benzene rings is 3. The summed E-state index contributed by atoms with van der Waals surface area (Å²) in [6.45, 7) is 3.53. The minimum Gasteiger partial charge on any atom is -0.502 e. The third kappa shape index (κ3) is 4.42. The quantitative estimate of drug-likeness (QED) is 0.272. The second-order valence-corrected chi connectivity index (χ2v) is 7.44. The molecule has 9 heteroatoms. The van der Waals surface area contributed by atoms with Crippen LogP contribution in [0, 0.1) is 24.0 Å². The highest BCUT2D eigenvalue weighted by Gasteiger charge is 2.18. The molecule has 0 radical (unpaired) electrons. The van der Waals surface area contributed by atoms with Crippen LogP contribution in [-0.4, -0.2) is 25.9 Å². The molecule has 1 N–H and O–H groups in total. The number of rotatable bonds is 6. The zero-order valence-corrected chi connectivity index (χ0v) is 17.9. The van der Waals surface area contributed by atoms with Gasteiger partial charge in [-0.25, -0.2) is 4.98 Å². The first-order valence-electron chi connectivity index (χ1n) is 10.1. The van der Waals surface area contributed by atoms with Crippen LogP contribution in [0.2, 0.25) is 0 Å². The highest BCUT2D eigenvalue weighted by Crippen LogP contribution is 2.30. The molecule has 0 atom stereocenters. The number of fused-ring (bicyclic) bond motifs is 1. The first-order chi connectivity index (χ1) is 15.8. The molecule has 0 fully saturated rings. The van der Waals surface area contributed by atoms with E-state index in [0.717, 1.165) is 10.2 Å². The number of para-hydroxylation sites is 2. The van der Waals surface area contributed by atoms with Crippen molar-refractivity contribution in [3.8, 4) is 11.5 Å². The summed E-state index contributed by atoms with van der Waals surface area (Å²) in [6, 6.07) is 17.1. The second kappa shape index (κ2) is 8.91. The lowest BCUT2D eigenvalue weighted by molar-refractivity contribution is -0.385. The molecule has 0 aliphatic heterocycles. The van der Waals surface area contributed by atoms with E-state index in [-0.39, 0.29) is 18.0 Å². The third-order valence-electron chi connectivity index (χ3n) is 5.04. The topological polar surface area (TPSA) is 120 Å². The number of nitrogens with zero attached hydrogens (tertiary/aromatic N) is 4. The zero-order chi connectivity index (χ0) is 23.5. The number of hydrogen-bond acceptors (Lipinski definition) is 7. The van der Waals surface area contributed by atoms with Crippen molar-refractivity contribution >= 4 is 22.8 Å². The minimum absolute atomic E-state index is 0.0395. The molecular weight excluding hydrogens is 424 g/mol. The highest BCUT2D eigenvalue weighted by atomic mass is 16.6. The van der Waals surface area contributed by atoms with Gasteiger partial charge in [0, 0.05) is 11.6 Å². The maximum Gasteiger partial charge on any atom is 0.311 e. The van der Waals surface area contributed by atoms with Crippen LogP contribution in [0.5, 0.6) is 11.5 Å². The monoisotopic (exact) mass is 444 g/mol. The van der Waals surface area contributed by atoms with Crippen LogP contribution in [0.3, 0.4) is 0 Å². The van der Waals surface area contributed by atoms with Crippen LogP contribution in [0.25, 0.3) is 10.9 Å². The molecule has 0 saturated heterocycles. The van der Waals surface area contributed by atoms with Gasteiger partial charge in [0.2, 0.25) is 5.75 Å². The first-order valence-corrected chi connectivity index (χ1v) is 10.1. The molecule has 33 heavy (non-hydrogen) atoms. The van der Waals surface area contributed by atoms with Gasteiger partial charge in [-0.1, -0.05) is 30.3 Å². The fourth-order valence-corrected chi connectivity index (χ4v) is 3.39. The summed E-state index contributed by atoms with van der Waals surface area (Å²) in [6.07, 6.45) is 1.20. The molecule has 166 valence electrons. The average Bonchev–Trinajstić information content (AvgIpc) is 2.79. The van der Waals surface area contributed by atoms with Gasteiger partial charge in [-0.15, -0.1) is 0 Å². The Morgan fingerprint density at radius 1 is 1.15 bits per heavy atom. The van der Waals surface area contributed by atoms with E-state index in [9.17, 15) is 20.0 Å². The Bertz CT molecular complexity index is 1460. The fraction of sp³-hybridized carbons (Fsp3) is 0.125. The third-order valence-corrected chi connectivity index (χ3v) is 5.04. The predicted octanol–water partition coefficient (Wildman–Crippen LogP) is 4.09. The van der Waals surface area contributed by atoms with Crippen LogP contribution in [0.1, 0.15) is 22.5 Å². The summed E-state index contributed by atoms with van der Waals surface area (Å²) in [7, 11) is 0. The molecule has 1 aromatic heterocycles. The number of phenolic OH excluding ortho intramolecular Hbond substituents is 1. The van der Waals surface area contributed by atoms with Gasteiger partial charge in [0.25, 0.3) is 5.56 Å². The summed E-state index contributed by atoms with van der Waals surface area (Å²) >= 11 is 0. The van der Waals surface area contributed by atoms with E-state index in [4.69, 9.17) is 4.74 Å². The van der Waals surface area contributed by atoms with Gasteiger partial charge in [0.05, 0.1) is 22.0 Å². The number of phenols is 1. The van der Waals surface area contributed by atoms with Crippen LogP contribution in [0.4, 0.5) is 5.69 Å². The molecule has 0 unspecified atom stereocenters. The lowest BCUT2D eigenvalue weighted by Crippen LogP contribution is -2.23. The molecule has 0 saturated carbocycles. The van der Waals surface area contributed by atoms with Crippen LogP contribution >= 0.6 is 0 Å². The van der Waals surface area contributed by atoms with E-state index in [1.54, 1.807) is 31.2 Å². The number of aromatic nitrogens is 2. The molecule has 4 aromatic rings. The summed E-state index contributed by atoms with van der Waals surface area (Å²) in [5, 5.41) is 26.1. The maximum atomic E-state index is 13.2. The summed E-state index contributed by atoms with van der Waals surface area (Å²) < 4.78 is 6.96. The van der Waals surface area contributed by atoms with E-state index < -0.39 is 21.9 Å². The summed E-state index contributed by atoms with van der Waals surface area (Å²) in [5.74, 6) is 0.344. The van der Waals surface area contributed by atoms with Crippen molar-refractivity contribution in [2.24, 2.45) is 5.10 Å². The van der Waals surface area contributed by atoms with E-state index in [1.807, 2.05) is 31.2 Å². The van der Waals surface area contributed by atoms with E-state index in [0.29, 0.717) is 22.2 Å².